The van der Waals surface area contributed by atoms with Gasteiger partial charge in [0.2, 0.25) is 0 Å². The summed E-state index contributed by atoms with van der Waals surface area (Å²) in [7, 11) is 1.75. The topological polar surface area (TPSA) is 20.3 Å². The Labute approximate surface area is 96.0 Å². The number of hydrogen-bond donors (Lipinski definition) is 0. The van der Waals surface area contributed by atoms with Gasteiger partial charge in [-0.2, -0.15) is 0 Å². The van der Waals surface area contributed by atoms with Gasteiger partial charge >= 0.3 is 0 Å². The van der Waals surface area contributed by atoms with Gasteiger partial charge in [-0.05, 0) is 34.8 Å². The summed E-state index contributed by atoms with van der Waals surface area (Å²) >= 11 is 4.99. The van der Waals surface area contributed by atoms with Crippen molar-refractivity contribution < 1.29 is 4.79 Å². The second-order valence-electron chi connectivity index (χ2n) is 2.77. The summed E-state index contributed by atoms with van der Waals surface area (Å²) in [5.74, 6) is 4.95. The highest BCUT2D eigenvalue weighted by atomic mass is 79.9. The number of thiophene rings is 1. The molecule has 0 saturated carbocycles. The molecule has 0 fully saturated rings. The van der Waals surface area contributed by atoms with Crippen molar-refractivity contribution >= 4 is 33.2 Å². The van der Waals surface area contributed by atoms with Gasteiger partial charge in [0.1, 0.15) is 0 Å². The summed E-state index contributed by atoms with van der Waals surface area (Å²) in [6, 6.07) is 2.01. The number of nitrogens with zero attached hydrogens (tertiary/aromatic N) is 1. The van der Waals surface area contributed by atoms with Gasteiger partial charge in [0, 0.05) is 21.8 Å². The lowest BCUT2D eigenvalue weighted by atomic mass is 10.4. The van der Waals surface area contributed by atoms with Crippen molar-refractivity contribution in [2.75, 3.05) is 7.05 Å². The normalized spacial score (nSPS) is 9.07. The predicted octanol–water partition coefficient (Wildman–Crippen LogP) is 2.49. The molecule has 0 spiro atoms. The lowest BCUT2D eigenvalue weighted by Crippen LogP contribution is -2.23. The van der Waals surface area contributed by atoms with Gasteiger partial charge in [-0.15, -0.1) is 11.3 Å². The molecule has 0 aliphatic rings. The second kappa shape index (κ2) is 5.18. The van der Waals surface area contributed by atoms with Crippen LogP contribution in [0.3, 0.4) is 0 Å². The van der Waals surface area contributed by atoms with E-state index in [2.05, 4.69) is 27.8 Å². The third-order valence-corrected chi connectivity index (χ3v) is 3.28. The third kappa shape index (κ3) is 3.17. The number of carbonyl (C=O) groups excluding carboxylic acids is 1. The smallest absolute Gasteiger partial charge is 0.298 e. The molecule has 0 aromatic carbocycles. The van der Waals surface area contributed by atoms with Gasteiger partial charge in [0.25, 0.3) is 5.91 Å². The van der Waals surface area contributed by atoms with Crippen molar-refractivity contribution in [1.29, 1.82) is 0 Å². The Hall–Kier alpha value is -0.790. The third-order valence-electron chi connectivity index (χ3n) is 1.59. The van der Waals surface area contributed by atoms with Crippen molar-refractivity contribution in [3.63, 3.8) is 0 Å². The van der Waals surface area contributed by atoms with Crippen LogP contribution in [0.2, 0.25) is 0 Å². The van der Waals surface area contributed by atoms with Crippen LogP contribution in [0.4, 0.5) is 0 Å². The largest absolute Gasteiger partial charge is 0.330 e. The fraction of sp³-hybridized carbons (Fsp3) is 0.300. The minimum absolute atomic E-state index is 0.142. The molecular formula is C10H10BrNOS. The molecule has 4 heteroatoms. The van der Waals surface area contributed by atoms with E-state index in [0.717, 1.165) is 9.35 Å². The van der Waals surface area contributed by atoms with E-state index in [1.807, 2.05) is 11.4 Å². The lowest BCUT2D eigenvalue weighted by Gasteiger charge is -2.11. The first-order valence-electron chi connectivity index (χ1n) is 4.04. The first-order valence-corrected chi connectivity index (χ1v) is 5.71. The molecule has 1 aromatic rings. The van der Waals surface area contributed by atoms with Crippen LogP contribution in [0.5, 0.6) is 0 Å². The highest BCUT2D eigenvalue weighted by molar-refractivity contribution is 9.10. The number of amides is 1. The molecule has 1 aromatic heterocycles. The van der Waals surface area contributed by atoms with Crippen LogP contribution in [0.1, 0.15) is 11.8 Å². The Kier molecular flexibility index (Phi) is 4.18. The van der Waals surface area contributed by atoms with Crippen molar-refractivity contribution in [2.24, 2.45) is 0 Å². The molecule has 0 radical (unpaired) electrons. The lowest BCUT2D eigenvalue weighted by molar-refractivity contribution is -0.124. The quantitative estimate of drug-likeness (QED) is 0.757. The highest BCUT2D eigenvalue weighted by Crippen LogP contribution is 2.20. The second-order valence-corrected chi connectivity index (χ2v) is 4.68. The summed E-state index contributed by atoms with van der Waals surface area (Å²) in [6.45, 7) is 2.28. The minimum atomic E-state index is -0.142. The highest BCUT2D eigenvalue weighted by Gasteiger charge is 2.07. The first-order chi connectivity index (χ1) is 6.63. The zero-order valence-corrected chi connectivity index (χ0v) is 10.4. The van der Waals surface area contributed by atoms with Crippen LogP contribution in [0, 0.1) is 11.8 Å². The zero-order chi connectivity index (χ0) is 10.6. The van der Waals surface area contributed by atoms with Gasteiger partial charge < -0.3 is 4.90 Å². The minimum Gasteiger partial charge on any atom is -0.330 e. The van der Waals surface area contributed by atoms with Crippen LogP contribution < -0.4 is 0 Å². The monoisotopic (exact) mass is 271 g/mol. The maximum Gasteiger partial charge on any atom is 0.298 e. The van der Waals surface area contributed by atoms with Crippen molar-refractivity contribution in [1.82, 2.24) is 4.90 Å². The van der Waals surface area contributed by atoms with Crippen LogP contribution in [0.25, 0.3) is 0 Å². The maximum atomic E-state index is 11.3. The summed E-state index contributed by atoms with van der Waals surface area (Å²) in [5, 5.41) is 2.00. The van der Waals surface area contributed by atoms with Gasteiger partial charge in [-0.25, -0.2) is 0 Å². The van der Waals surface area contributed by atoms with Gasteiger partial charge in [0.05, 0.1) is 6.54 Å². The predicted molar refractivity (Wildman–Crippen MR) is 61.9 cm³/mol. The van der Waals surface area contributed by atoms with Crippen molar-refractivity contribution in [3.8, 4) is 11.8 Å². The Morgan fingerprint density at radius 3 is 2.93 bits per heavy atom. The van der Waals surface area contributed by atoms with Crippen LogP contribution in [0.15, 0.2) is 15.9 Å². The van der Waals surface area contributed by atoms with Gasteiger partial charge in [0.15, 0.2) is 0 Å². The summed E-state index contributed by atoms with van der Waals surface area (Å²) < 4.78 is 1.06. The molecule has 1 heterocycles. The van der Waals surface area contributed by atoms with E-state index in [-0.39, 0.29) is 5.91 Å². The number of halogens is 1. The van der Waals surface area contributed by atoms with E-state index in [9.17, 15) is 4.79 Å². The molecule has 0 N–H and O–H groups in total. The number of carbonyl (C=O) groups is 1. The van der Waals surface area contributed by atoms with Crippen molar-refractivity contribution in [3.05, 3.63) is 20.8 Å². The maximum absolute atomic E-state index is 11.3. The van der Waals surface area contributed by atoms with Gasteiger partial charge in [-0.3, -0.25) is 4.79 Å². The summed E-state index contributed by atoms with van der Waals surface area (Å²) in [5.41, 5.74) is 0. The van der Waals surface area contributed by atoms with Crippen LogP contribution in [-0.4, -0.2) is 17.9 Å². The standard InChI is InChI=1S/C10H10BrNOS/c1-3-4-10(13)12(2)6-9-5-8(11)7-14-9/h5,7H,6H2,1-2H3. The molecule has 0 atom stereocenters. The Bertz CT molecular complexity index is 388. The van der Waals surface area contributed by atoms with E-state index < -0.39 is 0 Å². The Morgan fingerprint density at radius 2 is 2.43 bits per heavy atom. The van der Waals surface area contributed by atoms with Crippen LogP contribution >= 0.6 is 27.3 Å². The molecule has 74 valence electrons. The summed E-state index contributed by atoms with van der Waals surface area (Å²) in [4.78, 5) is 14.0. The van der Waals surface area contributed by atoms with Crippen LogP contribution in [-0.2, 0) is 11.3 Å². The fourth-order valence-corrected chi connectivity index (χ4v) is 2.45. The molecular weight excluding hydrogens is 262 g/mol. The average molecular weight is 272 g/mol. The molecule has 2 nitrogen and oxygen atoms in total. The number of hydrogen-bond acceptors (Lipinski definition) is 2. The molecule has 0 bridgehead atoms. The van der Waals surface area contributed by atoms with E-state index in [4.69, 9.17) is 0 Å². The Balaban J connectivity index is 2.59. The molecule has 1 amide bonds. The molecule has 0 unspecified atom stereocenters. The fourth-order valence-electron chi connectivity index (χ4n) is 0.945. The molecule has 0 aliphatic heterocycles. The van der Waals surface area contributed by atoms with E-state index in [1.54, 1.807) is 30.2 Å². The van der Waals surface area contributed by atoms with E-state index in [1.165, 1.54) is 0 Å². The zero-order valence-electron chi connectivity index (χ0n) is 8.00. The SMILES string of the molecule is CC#CC(=O)N(C)Cc1cc(Br)cs1. The molecule has 0 aliphatic carbocycles. The average Bonchev–Trinajstić information content (AvgIpc) is 2.51. The molecule has 0 saturated heterocycles. The van der Waals surface area contributed by atoms with E-state index in [0.29, 0.717) is 6.54 Å². The number of rotatable bonds is 2. The van der Waals surface area contributed by atoms with Crippen molar-refractivity contribution in [2.45, 2.75) is 13.5 Å². The molecule has 1 rings (SSSR count). The first kappa shape index (κ1) is 11.3. The Morgan fingerprint density at radius 1 is 1.71 bits per heavy atom. The van der Waals surface area contributed by atoms with Gasteiger partial charge in [-0.1, -0.05) is 5.92 Å². The van der Waals surface area contributed by atoms with E-state index >= 15 is 0 Å². The molecule has 14 heavy (non-hydrogen) atoms. The summed E-state index contributed by atoms with van der Waals surface area (Å²) in [6.07, 6.45) is 0.